The van der Waals surface area contributed by atoms with Gasteiger partial charge in [0.25, 0.3) is 0 Å². The minimum absolute atomic E-state index is 0.121. The fourth-order valence-corrected chi connectivity index (χ4v) is 6.72. The Bertz CT molecular complexity index is 433. The second-order valence-electron chi connectivity index (χ2n) is 8.55. The van der Waals surface area contributed by atoms with Crippen molar-refractivity contribution >= 4 is 5.78 Å². The van der Waals surface area contributed by atoms with Gasteiger partial charge in [-0.15, -0.1) is 0 Å². The average Bonchev–Trinajstić information content (AvgIpc) is 2.78. The van der Waals surface area contributed by atoms with Crippen LogP contribution in [-0.4, -0.2) is 17.9 Å². The molecule has 2 heteroatoms. The van der Waals surface area contributed by atoms with Gasteiger partial charge in [-0.3, -0.25) is 4.79 Å². The van der Waals surface area contributed by atoms with Crippen LogP contribution in [0.4, 0.5) is 0 Å². The molecule has 4 fully saturated rings. The van der Waals surface area contributed by atoms with Gasteiger partial charge < -0.3 is 5.32 Å². The largest absolute Gasteiger partial charge is 0.311 e. The minimum atomic E-state index is 0.121. The number of hydrogen-bond acceptors (Lipinski definition) is 2. The molecule has 1 aliphatic heterocycles. The predicted molar refractivity (Wildman–Crippen MR) is 80.4 cm³/mol. The SMILES string of the molecule is C[C@]12CCCCC1CC[C@@H]1[C@H]2C(=O)C[C@]2(C)NCC[C@@H]12. The smallest absolute Gasteiger partial charge is 0.138 e. The molecule has 4 aliphatic rings. The highest BCUT2D eigenvalue weighted by Crippen LogP contribution is 2.61. The van der Waals surface area contributed by atoms with Crippen molar-refractivity contribution in [1.82, 2.24) is 5.32 Å². The number of nitrogens with one attached hydrogen (secondary N) is 1. The van der Waals surface area contributed by atoms with E-state index in [1.165, 1.54) is 44.9 Å². The second-order valence-corrected chi connectivity index (χ2v) is 8.55. The molecule has 0 amide bonds. The Morgan fingerprint density at radius 1 is 1.10 bits per heavy atom. The number of rotatable bonds is 0. The molecule has 3 saturated carbocycles. The lowest BCUT2D eigenvalue weighted by molar-refractivity contribution is -0.150. The zero-order valence-electron chi connectivity index (χ0n) is 13.1. The predicted octanol–water partition coefficient (Wildman–Crippen LogP) is 3.55. The molecular formula is C18H29NO. The van der Waals surface area contributed by atoms with Crippen LogP contribution in [0.3, 0.4) is 0 Å². The maximum absolute atomic E-state index is 13.0. The standard InChI is InChI=1S/C18H29NO/c1-17-9-4-3-5-12(17)6-7-13-14-8-10-19-18(14,2)11-15(20)16(13)17/h12-14,16,19H,3-11H2,1-2H3/t12?,13-,14-,16-,17-,18-/m0/s1. The first-order valence-corrected chi connectivity index (χ1v) is 8.82. The van der Waals surface area contributed by atoms with Crippen molar-refractivity contribution in [3.05, 3.63) is 0 Å². The quantitative estimate of drug-likeness (QED) is 0.732. The fraction of sp³-hybridized carbons (Fsp3) is 0.944. The van der Waals surface area contributed by atoms with Crippen LogP contribution in [0, 0.1) is 29.1 Å². The molecule has 1 N–H and O–H groups in total. The third-order valence-electron chi connectivity index (χ3n) is 7.65. The van der Waals surface area contributed by atoms with Crippen molar-refractivity contribution in [1.29, 1.82) is 0 Å². The lowest BCUT2D eigenvalue weighted by Gasteiger charge is -2.58. The second kappa shape index (κ2) is 4.32. The topological polar surface area (TPSA) is 29.1 Å². The van der Waals surface area contributed by atoms with E-state index < -0.39 is 0 Å². The van der Waals surface area contributed by atoms with Gasteiger partial charge in [0.05, 0.1) is 0 Å². The first-order chi connectivity index (χ1) is 9.55. The summed E-state index contributed by atoms with van der Waals surface area (Å²) in [4.78, 5) is 13.0. The molecule has 3 aliphatic carbocycles. The lowest BCUT2D eigenvalue weighted by Crippen LogP contribution is -2.60. The molecular weight excluding hydrogens is 246 g/mol. The average molecular weight is 275 g/mol. The molecule has 0 spiro atoms. The van der Waals surface area contributed by atoms with E-state index in [1.54, 1.807) is 0 Å². The molecule has 112 valence electrons. The highest BCUT2D eigenvalue weighted by Gasteiger charge is 2.60. The molecule has 0 aromatic rings. The summed E-state index contributed by atoms with van der Waals surface area (Å²) < 4.78 is 0. The van der Waals surface area contributed by atoms with E-state index in [0.29, 0.717) is 23.0 Å². The highest BCUT2D eigenvalue weighted by atomic mass is 16.1. The summed E-state index contributed by atoms with van der Waals surface area (Å²) in [6.07, 6.45) is 10.2. The van der Waals surface area contributed by atoms with Gasteiger partial charge in [-0.1, -0.05) is 19.8 Å². The number of Topliss-reactive ketones (excluding diaryl/α,β-unsaturated/α-hetero) is 1. The van der Waals surface area contributed by atoms with Gasteiger partial charge in [0.2, 0.25) is 0 Å². The van der Waals surface area contributed by atoms with E-state index >= 15 is 0 Å². The number of fused-ring (bicyclic) bond motifs is 5. The highest BCUT2D eigenvalue weighted by molar-refractivity contribution is 5.84. The van der Waals surface area contributed by atoms with Crippen molar-refractivity contribution in [3.63, 3.8) is 0 Å². The Morgan fingerprint density at radius 3 is 2.80 bits per heavy atom. The number of ketones is 1. The molecule has 6 atom stereocenters. The van der Waals surface area contributed by atoms with Crippen LogP contribution < -0.4 is 5.32 Å². The van der Waals surface area contributed by atoms with E-state index in [9.17, 15) is 4.79 Å². The van der Waals surface area contributed by atoms with Crippen LogP contribution >= 0.6 is 0 Å². The molecule has 20 heavy (non-hydrogen) atoms. The molecule has 0 radical (unpaired) electrons. The van der Waals surface area contributed by atoms with Gasteiger partial charge in [0.1, 0.15) is 5.78 Å². The number of carbonyl (C=O) groups is 1. The minimum Gasteiger partial charge on any atom is -0.311 e. The Hall–Kier alpha value is -0.370. The Balaban J connectivity index is 1.71. The summed E-state index contributed by atoms with van der Waals surface area (Å²) in [5, 5.41) is 3.66. The van der Waals surface area contributed by atoms with Gasteiger partial charge in [-0.05, 0) is 68.7 Å². The molecule has 1 saturated heterocycles. The van der Waals surface area contributed by atoms with Gasteiger partial charge >= 0.3 is 0 Å². The van der Waals surface area contributed by atoms with Crippen LogP contribution in [0.15, 0.2) is 0 Å². The molecule has 1 heterocycles. The van der Waals surface area contributed by atoms with Crippen LogP contribution in [0.1, 0.15) is 65.2 Å². The van der Waals surface area contributed by atoms with E-state index in [4.69, 9.17) is 0 Å². The molecule has 4 rings (SSSR count). The normalized spacial score (nSPS) is 55.0. The summed E-state index contributed by atoms with van der Waals surface area (Å²) in [5.41, 5.74) is 0.457. The third kappa shape index (κ3) is 1.63. The summed E-state index contributed by atoms with van der Waals surface area (Å²) in [6.45, 7) is 5.91. The van der Waals surface area contributed by atoms with Crippen LogP contribution in [-0.2, 0) is 4.79 Å². The fourth-order valence-electron chi connectivity index (χ4n) is 6.72. The third-order valence-corrected chi connectivity index (χ3v) is 7.65. The van der Waals surface area contributed by atoms with Gasteiger partial charge in [0, 0.05) is 17.9 Å². The van der Waals surface area contributed by atoms with Crippen LogP contribution in [0.2, 0.25) is 0 Å². The zero-order chi connectivity index (χ0) is 14.0. The van der Waals surface area contributed by atoms with E-state index in [2.05, 4.69) is 19.2 Å². The maximum Gasteiger partial charge on any atom is 0.138 e. The van der Waals surface area contributed by atoms with Crippen LogP contribution in [0.25, 0.3) is 0 Å². The van der Waals surface area contributed by atoms with E-state index in [0.717, 1.165) is 24.8 Å². The Morgan fingerprint density at radius 2 is 1.95 bits per heavy atom. The summed E-state index contributed by atoms with van der Waals surface area (Å²) in [7, 11) is 0. The van der Waals surface area contributed by atoms with Crippen LogP contribution in [0.5, 0.6) is 0 Å². The van der Waals surface area contributed by atoms with Crippen molar-refractivity contribution in [3.8, 4) is 0 Å². The van der Waals surface area contributed by atoms with E-state index in [1.807, 2.05) is 0 Å². The van der Waals surface area contributed by atoms with Gasteiger partial charge in [-0.25, -0.2) is 0 Å². The molecule has 1 unspecified atom stereocenters. The summed E-state index contributed by atoms with van der Waals surface area (Å²) >= 11 is 0. The summed E-state index contributed by atoms with van der Waals surface area (Å²) in [5.74, 6) is 3.25. The molecule has 0 aromatic carbocycles. The Kier molecular flexibility index (Phi) is 2.87. The number of hydrogen-bond donors (Lipinski definition) is 1. The lowest BCUT2D eigenvalue weighted by atomic mass is 9.46. The van der Waals surface area contributed by atoms with Crippen molar-refractivity contribution in [2.24, 2.45) is 29.1 Å². The van der Waals surface area contributed by atoms with Gasteiger partial charge in [-0.2, -0.15) is 0 Å². The van der Waals surface area contributed by atoms with E-state index in [-0.39, 0.29) is 5.54 Å². The molecule has 0 bridgehead atoms. The van der Waals surface area contributed by atoms with Gasteiger partial charge in [0.15, 0.2) is 0 Å². The summed E-state index contributed by atoms with van der Waals surface area (Å²) in [6, 6.07) is 0. The Labute approximate surface area is 123 Å². The molecule has 2 nitrogen and oxygen atoms in total. The van der Waals surface area contributed by atoms with Crippen molar-refractivity contribution < 1.29 is 4.79 Å². The molecule has 0 aromatic heterocycles. The monoisotopic (exact) mass is 275 g/mol. The maximum atomic E-state index is 13.0. The van der Waals surface area contributed by atoms with Crippen molar-refractivity contribution in [2.75, 3.05) is 6.54 Å². The zero-order valence-corrected chi connectivity index (χ0v) is 13.1. The van der Waals surface area contributed by atoms with Crippen molar-refractivity contribution in [2.45, 2.75) is 70.8 Å². The first-order valence-electron chi connectivity index (χ1n) is 8.82. The first kappa shape index (κ1) is 13.3. The number of carbonyl (C=O) groups excluding carboxylic acids is 1.